The number of pyridine rings is 1. The summed E-state index contributed by atoms with van der Waals surface area (Å²) < 4.78 is 31.8. The number of amides is 1. The molecule has 33 heavy (non-hydrogen) atoms. The number of nitrogens with zero attached hydrogens (tertiary/aromatic N) is 7. The molecule has 1 aliphatic rings. The van der Waals surface area contributed by atoms with Crippen LogP contribution in [0.4, 0.5) is 14.6 Å². The van der Waals surface area contributed by atoms with Crippen LogP contribution in [0.5, 0.6) is 0 Å². The van der Waals surface area contributed by atoms with Gasteiger partial charge in [0.25, 0.3) is 12.0 Å². The third-order valence-corrected chi connectivity index (χ3v) is 6.11. The second-order valence-electron chi connectivity index (χ2n) is 8.20. The summed E-state index contributed by atoms with van der Waals surface area (Å²) in [7, 11) is 1.73. The Balaban J connectivity index is 1.42. The van der Waals surface area contributed by atoms with Crippen LogP contribution < -0.4 is 10.9 Å². The van der Waals surface area contributed by atoms with Gasteiger partial charge in [0.05, 0.1) is 17.6 Å². The second-order valence-corrected chi connectivity index (χ2v) is 8.20. The fourth-order valence-electron chi connectivity index (χ4n) is 4.40. The molecular weight excluding hydrogens is 434 g/mol. The number of rotatable bonds is 6. The lowest BCUT2D eigenvalue weighted by molar-refractivity contribution is -0.116. The van der Waals surface area contributed by atoms with Gasteiger partial charge in [0, 0.05) is 43.2 Å². The summed E-state index contributed by atoms with van der Waals surface area (Å²) in [6.45, 7) is -0.00632. The number of carbonyl (C=O) groups excluding carboxylic acids is 1. The molecule has 10 nitrogen and oxygen atoms in total. The molecule has 1 N–H and O–H groups in total. The normalized spacial score (nSPS) is 14.7. The molecule has 4 aromatic rings. The molecule has 0 unspecified atom stereocenters. The van der Waals surface area contributed by atoms with Gasteiger partial charge >= 0.3 is 0 Å². The van der Waals surface area contributed by atoms with Crippen molar-refractivity contribution in [1.29, 1.82) is 0 Å². The maximum absolute atomic E-state index is 13.6. The molecular formula is C21H22F2N8O2. The Labute approximate surface area is 186 Å². The van der Waals surface area contributed by atoms with Crippen LogP contribution in [-0.4, -0.2) is 40.0 Å². The monoisotopic (exact) mass is 456 g/mol. The molecule has 0 spiro atoms. The Morgan fingerprint density at radius 3 is 2.76 bits per heavy atom. The predicted octanol–water partition coefficient (Wildman–Crippen LogP) is 2.96. The number of aromatic nitrogens is 7. The molecule has 1 aliphatic carbocycles. The Kier molecular flexibility index (Phi) is 5.35. The number of anilines is 1. The fourth-order valence-corrected chi connectivity index (χ4v) is 4.40. The molecule has 0 saturated heterocycles. The van der Waals surface area contributed by atoms with E-state index in [0.29, 0.717) is 16.9 Å². The van der Waals surface area contributed by atoms with E-state index in [1.54, 1.807) is 28.8 Å². The molecule has 1 saturated carbocycles. The molecule has 5 rings (SSSR count). The Morgan fingerprint density at radius 2 is 2.00 bits per heavy atom. The Hall–Kier alpha value is -3.70. The number of halogens is 2. The predicted molar refractivity (Wildman–Crippen MR) is 116 cm³/mol. The minimum atomic E-state index is -2.79. The van der Waals surface area contributed by atoms with E-state index in [1.165, 1.54) is 10.9 Å². The highest BCUT2D eigenvalue weighted by Crippen LogP contribution is 2.32. The molecule has 0 radical (unpaired) electrons. The van der Waals surface area contributed by atoms with Gasteiger partial charge in [0.1, 0.15) is 12.1 Å². The van der Waals surface area contributed by atoms with Crippen LogP contribution in [0.15, 0.2) is 29.6 Å². The first-order valence-corrected chi connectivity index (χ1v) is 10.8. The lowest BCUT2D eigenvalue weighted by Crippen LogP contribution is -2.24. The highest BCUT2D eigenvalue weighted by molar-refractivity contribution is 5.98. The minimum Gasteiger partial charge on any atom is -0.310 e. The summed E-state index contributed by atoms with van der Waals surface area (Å²) >= 11 is 0. The molecule has 0 atom stereocenters. The van der Waals surface area contributed by atoms with Gasteiger partial charge in [0.15, 0.2) is 11.3 Å². The molecule has 0 bridgehead atoms. The molecule has 172 valence electrons. The van der Waals surface area contributed by atoms with Gasteiger partial charge in [-0.1, -0.05) is 12.8 Å². The Bertz CT molecular complexity index is 1400. The lowest BCUT2D eigenvalue weighted by Gasteiger charge is -2.10. The third kappa shape index (κ3) is 3.85. The number of nitrogens with one attached hydrogen (secondary N) is 1. The van der Waals surface area contributed by atoms with Crippen molar-refractivity contribution in [3.05, 3.63) is 40.7 Å². The zero-order valence-corrected chi connectivity index (χ0v) is 17.9. The van der Waals surface area contributed by atoms with Gasteiger partial charge in [0.2, 0.25) is 5.91 Å². The summed E-state index contributed by atoms with van der Waals surface area (Å²) in [5, 5.41) is 12.1. The van der Waals surface area contributed by atoms with Gasteiger partial charge in [-0.25, -0.2) is 18.7 Å². The van der Waals surface area contributed by atoms with E-state index in [0.717, 1.165) is 31.7 Å². The van der Waals surface area contributed by atoms with Gasteiger partial charge in [-0.05, 0) is 12.8 Å². The summed E-state index contributed by atoms with van der Waals surface area (Å²) in [4.78, 5) is 33.5. The zero-order valence-electron chi connectivity index (χ0n) is 17.9. The van der Waals surface area contributed by atoms with Crippen molar-refractivity contribution in [2.24, 2.45) is 7.05 Å². The third-order valence-electron chi connectivity index (χ3n) is 6.11. The molecule has 0 aliphatic heterocycles. The van der Waals surface area contributed by atoms with E-state index >= 15 is 0 Å². The van der Waals surface area contributed by atoms with E-state index in [1.807, 2.05) is 0 Å². The quantitative estimate of drug-likeness (QED) is 0.477. The van der Waals surface area contributed by atoms with Crippen LogP contribution in [-0.2, 0) is 18.4 Å². The number of aryl methyl sites for hydroxylation is 2. The smallest absolute Gasteiger partial charge is 0.264 e. The maximum atomic E-state index is 13.6. The van der Waals surface area contributed by atoms with Crippen molar-refractivity contribution in [2.75, 3.05) is 5.32 Å². The number of carbonyl (C=O) groups is 1. The highest BCUT2D eigenvalue weighted by atomic mass is 19.3. The second kappa shape index (κ2) is 8.34. The highest BCUT2D eigenvalue weighted by Gasteiger charge is 2.23. The average Bonchev–Trinajstić information content (AvgIpc) is 3.53. The van der Waals surface area contributed by atoms with Crippen LogP contribution in [0, 0.1) is 0 Å². The van der Waals surface area contributed by atoms with Crippen molar-refractivity contribution in [3.63, 3.8) is 0 Å². The van der Waals surface area contributed by atoms with Gasteiger partial charge < -0.3 is 5.32 Å². The van der Waals surface area contributed by atoms with Crippen molar-refractivity contribution in [3.8, 4) is 0 Å². The van der Waals surface area contributed by atoms with E-state index < -0.39 is 12.0 Å². The average molecular weight is 456 g/mol. The van der Waals surface area contributed by atoms with E-state index in [-0.39, 0.29) is 41.5 Å². The fraction of sp³-hybridized carbons (Fsp3) is 0.429. The summed E-state index contributed by atoms with van der Waals surface area (Å²) in [6, 6.07) is 1.07. The maximum Gasteiger partial charge on any atom is 0.264 e. The van der Waals surface area contributed by atoms with Gasteiger partial charge in [-0.15, -0.1) is 0 Å². The van der Waals surface area contributed by atoms with Crippen molar-refractivity contribution >= 4 is 33.8 Å². The van der Waals surface area contributed by atoms with E-state index in [2.05, 4.69) is 25.5 Å². The number of fused-ring (bicyclic) bond motifs is 2. The summed E-state index contributed by atoms with van der Waals surface area (Å²) in [5.74, 6) is -0.0683. The Morgan fingerprint density at radius 1 is 1.21 bits per heavy atom. The topological polar surface area (TPSA) is 113 Å². The van der Waals surface area contributed by atoms with Crippen molar-refractivity contribution in [2.45, 2.75) is 51.1 Å². The molecule has 1 fully saturated rings. The first kappa shape index (κ1) is 21.2. The first-order chi connectivity index (χ1) is 15.9. The largest absolute Gasteiger partial charge is 0.310 e. The number of hydrogen-bond donors (Lipinski definition) is 1. The lowest BCUT2D eigenvalue weighted by atomic mass is 10.2. The summed E-state index contributed by atoms with van der Waals surface area (Å²) in [5.41, 5.74) is -0.202. The standard InChI is InChI=1S/C21H22F2N8O2/c1-29-20-14(9-26-29)19(24-11-25-20)27-16(32)6-7-30-17(33)8-13(18(22)23)15-10-31(28-21(15)30)12-4-2-3-5-12/h8-12,18H,2-7H2,1H3,(H,24,25,27,32). The van der Waals surface area contributed by atoms with Crippen LogP contribution in [0.3, 0.4) is 0 Å². The molecule has 4 aromatic heterocycles. The van der Waals surface area contributed by atoms with Crippen molar-refractivity contribution in [1.82, 2.24) is 34.1 Å². The van der Waals surface area contributed by atoms with Gasteiger partial charge in [-0.3, -0.25) is 23.5 Å². The van der Waals surface area contributed by atoms with E-state index in [9.17, 15) is 18.4 Å². The molecule has 12 heteroatoms. The molecule has 1 amide bonds. The molecule has 0 aromatic carbocycles. The van der Waals surface area contributed by atoms with Crippen LogP contribution in [0.1, 0.15) is 50.1 Å². The van der Waals surface area contributed by atoms with Crippen LogP contribution >= 0.6 is 0 Å². The molecule has 4 heterocycles. The van der Waals surface area contributed by atoms with Crippen molar-refractivity contribution < 1.29 is 13.6 Å². The number of alkyl halides is 2. The van der Waals surface area contributed by atoms with E-state index in [4.69, 9.17) is 0 Å². The minimum absolute atomic E-state index is 0.00632. The zero-order chi connectivity index (χ0) is 23.1. The first-order valence-electron chi connectivity index (χ1n) is 10.8. The van der Waals surface area contributed by atoms with Gasteiger partial charge in [-0.2, -0.15) is 10.2 Å². The number of hydrogen-bond acceptors (Lipinski definition) is 6. The van der Waals surface area contributed by atoms with Crippen LogP contribution in [0.2, 0.25) is 0 Å². The summed E-state index contributed by atoms with van der Waals surface area (Å²) in [6.07, 6.45) is 5.58. The van der Waals surface area contributed by atoms with Crippen LogP contribution in [0.25, 0.3) is 22.1 Å². The SMILES string of the molecule is Cn1ncc2c(NC(=O)CCn3c(=O)cc(C(F)F)c4cn(C5CCCC5)nc43)ncnc21.